The maximum absolute atomic E-state index is 12.8. The van der Waals surface area contributed by atoms with Crippen molar-refractivity contribution in [2.75, 3.05) is 42.2 Å². The number of para-hydroxylation sites is 1. The summed E-state index contributed by atoms with van der Waals surface area (Å²) in [6, 6.07) is 12.7. The first kappa shape index (κ1) is 20.2. The van der Waals surface area contributed by atoms with Crippen LogP contribution in [0.1, 0.15) is 15.9 Å². The smallest absolute Gasteiger partial charge is 0.267 e. The SMILES string of the molecule is NNc1ccc(C(=O)N2CCN(c3ccccc3/C=C/C(=O)NO)CC2)cc1N. The molecule has 1 aliphatic heterocycles. The highest BCUT2D eigenvalue weighted by Crippen LogP contribution is 2.24. The average Bonchev–Trinajstić information content (AvgIpc) is 2.77. The first-order chi connectivity index (χ1) is 14.0. The second-order valence-corrected chi connectivity index (χ2v) is 6.59. The molecule has 2 aromatic rings. The van der Waals surface area contributed by atoms with E-state index in [-0.39, 0.29) is 5.91 Å². The van der Waals surface area contributed by atoms with Gasteiger partial charge in [0.25, 0.3) is 11.8 Å². The van der Waals surface area contributed by atoms with Gasteiger partial charge in [0.2, 0.25) is 0 Å². The van der Waals surface area contributed by atoms with Crippen molar-refractivity contribution < 1.29 is 14.8 Å². The van der Waals surface area contributed by atoms with Gasteiger partial charge in [-0.1, -0.05) is 18.2 Å². The standard InChI is InChI=1S/C20H24N6O3/c21-16-13-15(5-7-17(16)23-22)20(28)26-11-9-25(10-12-26)18-4-2-1-3-14(18)6-8-19(27)24-29/h1-8,13,23,29H,9-12,21-22H2,(H,24,27)/b8-6+. The summed E-state index contributed by atoms with van der Waals surface area (Å²) in [6.45, 7) is 2.43. The van der Waals surface area contributed by atoms with Gasteiger partial charge < -0.3 is 21.0 Å². The number of rotatable bonds is 5. The molecule has 29 heavy (non-hydrogen) atoms. The number of hydrogen-bond acceptors (Lipinski definition) is 7. The Morgan fingerprint density at radius 2 is 1.79 bits per heavy atom. The predicted octanol–water partition coefficient (Wildman–Crippen LogP) is 1.04. The van der Waals surface area contributed by atoms with Crippen molar-refractivity contribution in [2.24, 2.45) is 5.84 Å². The molecule has 0 radical (unpaired) electrons. The number of benzene rings is 2. The van der Waals surface area contributed by atoms with Crippen molar-refractivity contribution >= 4 is 35.0 Å². The van der Waals surface area contributed by atoms with E-state index in [0.717, 1.165) is 11.3 Å². The maximum Gasteiger partial charge on any atom is 0.267 e. The molecule has 1 aliphatic rings. The zero-order valence-electron chi connectivity index (χ0n) is 15.8. The van der Waals surface area contributed by atoms with Gasteiger partial charge in [-0.25, -0.2) is 5.48 Å². The van der Waals surface area contributed by atoms with Crippen LogP contribution < -0.4 is 27.4 Å². The largest absolute Gasteiger partial charge is 0.397 e. The molecule has 2 aromatic carbocycles. The fourth-order valence-corrected chi connectivity index (χ4v) is 3.28. The lowest BCUT2D eigenvalue weighted by molar-refractivity contribution is -0.124. The Labute approximate surface area is 168 Å². The number of hydroxylamine groups is 1. The van der Waals surface area contributed by atoms with E-state index in [1.165, 1.54) is 6.08 Å². The Kier molecular flexibility index (Phi) is 6.32. The van der Waals surface area contributed by atoms with Crippen molar-refractivity contribution in [2.45, 2.75) is 0 Å². The third kappa shape index (κ3) is 4.65. The fourth-order valence-electron chi connectivity index (χ4n) is 3.28. The van der Waals surface area contributed by atoms with Gasteiger partial charge >= 0.3 is 0 Å². The number of anilines is 3. The Morgan fingerprint density at radius 1 is 1.07 bits per heavy atom. The number of hydrogen-bond donors (Lipinski definition) is 5. The number of amides is 2. The molecular weight excluding hydrogens is 372 g/mol. The van der Waals surface area contributed by atoms with Gasteiger partial charge in [0.15, 0.2) is 0 Å². The Hall–Kier alpha value is -3.56. The molecule has 2 amide bonds. The van der Waals surface area contributed by atoms with Crippen molar-refractivity contribution in [1.82, 2.24) is 10.4 Å². The van der Waals surface area contributed by atoms with E-state index < -0.39 is 5.91 Å². The van der Waals surface area contributed by atoms with E-state index in [0.29, 0.717) is 43.1 Å². The molecule has 3 rings (SSSR count). The monoisotopic (exact) mass is 396 g/mol. The zero-order chi connectivity index (χ0) is 20.8. The molecule has 0 bridgehead atoms. The zero-order valence-corrected chi connectivity index (χ0v) is 15.8. The number of piperazine rings is 1. The van der Waals surface area contributed by atoms with E-state index in [1.54, 1.807) is 34.7 Å². The van der Waals surface area contributed by atoms with Crippen LogP contribution in [0.4, 0.5) is 17.1 Å². The average molecular weight is 396 g/mol. The third-order valence-electron chi connectivity index (χ3n) is 4.82. The molecular formula is C20H24N6O3. The van der Waals surface area contributed by atoms with Crippen LogP contribution in [0.25, 0.3) is 6.08 Å². The molecule has 7 N–H and O–H groups in total. The topological polar surface area (TPSA) is 137 Å². The highest BCUT2D eigenvalue weighted by Gasteiger charge is 2.23. The Morgan fingerprint density at radius 3 is 2.45 bits per heavy atom. The predicted molar refractivity (Wildman–Crippen MR) is 112 cm³/mol. The number of nitrogens with two attached hydrogens (primary N) is 2. The molecule has 0 aliphatic carbocycles. The van der Waals surface area contributed by atoms with Crippen LogP contribution in [-0.4, -0.2) is 48.1 Å². The van der Waals surface area contributed by atoms with Crippen LogP contribution in [0.5, 0.6) is 0 Å². The first-order valence-electron chi connectivity index (χ1n) is 9.15. The minimum Gasteiger partial charge on any atom is -0.397 e. The van der Waals surface area contributed by atoms with Crippen molar-refractivity contribution in [3.05, 3.63) is 59.7 Å². The minimum atomic E-state index is -0.592. The lowest BCUT2D eigenvalue weighted by Gasteiger charge is -2.37. The van der Waals surface area contributed by atoms with Gasteiger partial charge in [0.1, 0.15) is 0 Å². The summed E-state index contributed by atoms with van der Waals surface area (Å²) in [7, 11) is 0. The highest BCUT2D eigenvalue weighted by molar-refractivity contribution is 5.96. The fraction of sp³-hybridized carbons (Fsp3) is 0.200. The molecule has 0 saturated carbocycles. The van der Waals surface area contributed by atoms with E-state index in [4.69, 9.17) is 16.8 Å². The highest BCUT2D eigenvalue weighted by atomic mass is 16.5. The lowest BCUT2D eigenvalue weighted by atomic mass is 10.1. The van der Waals surface area contributed by atoms with Gasteiger partial charge in [-0.3, -0.25) is 20.6 Å². The molecule has 152 valence electrons. The summed E-state index contributed by atoms with van der Waals surface area (Å²) in [6.07, 6.45) is 2.91. The number of nitrogens with zero attached hydrogens (tertiary/aromatic N) is 2. The second kappa shape index (κ2) is 9.09. The molecule has 9 nitrogen and oxygen atoms in total. The van der Waals surface area contributed by atoms with Crippen LogP contribution in [0, 0.1) is 0 Å². The van der Waals surface area contributed by atoms with E-state index in [1.807, 2.05) is 24.3 Å². The van der Waals surface area contributed by atoms with Crippen LogP contribution in [0.3, 0.4) is 0 Å². The van der Waals surface area contributed by atoms with Gasteiger partial charge in [-0.05, 0) is 35.9 Å². The van der Waals surface area contributed by atoms with Gasteiger partial charge in [-0.2, -0.15) is 0 Å². The van der Waals surface area contributed by atoms with Gasteiger partial charge in [0.05, 0.1) is 11.4 Å². The molecule has 1 saturated heterocycles. The molecule has 0 spiro atoms. The molecule has 0 aromatic heterocycles. The third-order valence-corrected chi connectivity index (χ3v) is 4.82. The van der Waals surface area contributed by atoms with Crippen LogP contribution >= 0.6 is 0 Å². The maximum atomic E-state index is 12.8. The normalized spacial score (nSPS) is 14.1. The van der Waals surface area contributed by atoms with Gasteiger partial charge in [0, 0.05) is 43.5 Å². The summed E-state index contributed by atoms with van der Waals surface area (Å²) in [5.41, 5.74) is 13.3. The van der Waals surface area contributed by atoms with Crippen LogP contribution in [-0.2, 0) is 4.79 Å². The Balaban J connectivity index is 1.68. The second-order valence-electron chi connectivity index (χ2n) is 6.59. The van der Waals surface area contributed by atoms with Crippen molar-refractivity contribution in [1.29, 1.82) is 0 Å². The van der Waals surface area contributed by atoms with Crippen molar-refractivity contribution in [3.63, 3.8) is 0 Å². The number of carbonyl (C=O) groups excluding carboxylic acids is 2. The quantitative estimate of drug-likeness (QED) is 0.167. The van der Waals surface area contributed by atoms with Crippen LogP contribution in [0.2, 0.25) is 0 Å². The van der Waals surface area contributed by atoms with Crippen molar-refractivity contribution in [3.8, 4) is 0 Å². The summed E-state index contributed by atoms with van der Waals surface area (Å²) >= 11 is 0. The number of carbonyl (C=O) groups is 2. The lowest BCUT2D eigenvalue weighted by Crippen LogP contribution is -2.49. The van der Waals surface area contributed by atoms with Gasteiger partial charge in [-0.15, -0.1) is 0 Å². The molecule has 1 heterocycles. The van der Waals surface area contributed by atoms with E-state index in [9.17, 15) is 9.59 Å². The molecule has 0 atom stereocenters. The van der Waals surface area contributed by atoms with E-state index in [2.05, 4.69) is 10.3 Å². The summed E-state index contributed by atoms with van der Waals surface area (Å²) in [5.74, 6) is 4.71. The summed E-state index contributed by atoms with van der Waals surface area (Å²) in [5, 5.41) is 8.64. The number of hydrazine groups is 1. The first-order valence-corrected chi connectivity index (χ1v) is 9.15. The number of nitrogen functional groups attached to an aromatic ring is 2. The summed E-state index contributed by atoms with van der Waals surface area (Å²) < 4.78 is 0. The molecule has 9 heteroatoms. The minimum absolute atomic E-state index is 0.0762. The Bertz CT molecular complexity index is 922. The number of nitrogens with one attached hydrogen (secondary N) is 2. The van der Waals surface area contributed by atoms with E-state index >= 15 is 0 Å². The molecule has 1 fully saturated rings. The summed E-state index contributed by atoms with van der Waals surface area (Å²) in [4.78, 5) is 28.0. The van der Waals surface area contributed by atoms with Crippen LogP contribution in [0.15, 0.2) is 48.5 Å². The molecule has 0 unspecified atom stereocenters.